The smallest absolute Gasteiger partial charge is 0.419 e. The summed E-state index contributed by atoms with van der Waals surface area (Å²) in [6.45, 7) is -0.266. The third-order valence-corrected chi connectivity index (χ3v) is 6.56. The van der Waals surface area contributed by atoms with Crippen LogP contribution in [-0.4, -0.2) is 41.6 Å². The summed E-state index contributed by atoms with van der Waals surface area (Å²) in [5, 5.41) is 2.56. The largest absolute Gasteiger partial charge is 0.473 e. The lowest BCUT2D eigenvalue weighted by Gasteiger charge is -2.16. The maximum Gasteiger partial charge on any atom is 0.419 e. The van der Waals surface area contributed by atoms with Crippen LogP contribution in [0, 0.1) is 0 Å². The van der Waals surface area contributed by atoms with E-state index in [1.54, 1.807) is 41.8 Å². The summed E-state index contributed by atoms with van der Waals surface area (Å²) >= 11 is 7.18. The first-order valence-corrected chi connectivity index (χ1v) is 12.9. The maximum atomic E-state index is 12.7. The topological polar surface area (TPSA) is 128 Å². The standard InChI is InChI=1S/C21H16ClF3N6O4S2/c22-15-5-3-13(4-6-15)17-18(31-37(32,33)30-16-2-1-9-36-16)28-12-29-19(17)34-7-8-35-20-26-10-14(11-27-20)21(23,24)25/h1-6,9-12,30H,7-8H2,(H,28,29,31). The van der Waals surface area contributed by atoms with Crippen molar-refractivity contribution in [3.05, 3.63) is 71.1 Å². The molecule has 0 fully saturated rings. The van der Waals surface area contributed by atoms with Gasteiger partial charge in [-0.25, -0.2) is 24.7 Å². The fourth-order valence-corrected chi connectivity index (χ4v) is 4.76. The van der Waals surface area contributed by atoms with E-state index >= 15 is 0 Å². The second kappa shape index (κ2) is 11.1. The summed E-state index contributed by atoms with van der Waals surface area (Å²) in [5.74, 6) is -0.0496. The molecule has 16 heteroatoms. The van der Waals surface area contributed by atoms with Gasteiger partial charge in [0.2, 0.25) is 5.88 Å². The van der Waals surface area contributed by atoms with Crippen molar-refractivity contribution in [1.82, 2.24) is 19.9 Å². The predicted octanol–water partition coefficient (Wildman–Crippen LogP) is 4.89. The van der Waals surface area contributed by atoms with E-state index in [0.29, 0.717) is 28.0 Å². The fraction of sp³-hybridized carbons (Fsp3) is 0.143. The lowest BCUT2D eigenvalue weighted by molar-refractivity contribution is -0.138. The monoisotopic (exact) mass is 572 g/mol. The third-order valence-electron chi connectivity index (χ3n) is 4.44. The second-order valence-electron chi connectivity index (χ2n) is 7.04. The van der Waals surface area contributed by atoms with Gasteiger partial charge in [0, 0.05) is 17.4 Å². The third kappa shape index (κ3) is 7.18. The number of benzene rings is 1. The van der Waals surface area contributed by atoms with Crippen LogP contribution in [-0.2, 0) is 16.4 Å². The van der Waals surface area contributed by atoms with Crippen molar-refractivity contribution >= 4 is 44.0 Å². The Balaban J connectivity index is 1.51. The van der Waals surface area contributed by atoms with Gasteiger partial charge in [-0.2, -0.15) is 21.6 Å². The fourth-order valence-electron chi connectivity index (χ4n) is 2.86. The molecule has 0 bridgehead atoms. The molecule has 0 aliphatic heterocycles. The molecule has 2 N–H and O–H groups in total. The van der Waals surface area contributed by atoms with Crippen LogP contribution in [0.15, 0.2) is 60.5 Å². The molecule has 0 aliphatic carbocycles. The Morgan fingerprint density at radius 1 is 0.946 bits per heavy atom. The van der Waals surface area contributed by atoms with Gasteiger partial charge in [0.1, 0.15) is 24.5 Å². The minimum absolute atomic E-state index is 0.0167. The van der Waals surface area contributed by atoms with Crippen molar-refractivity contribution in [3.8, 4) is 23.0 Å². The predicted molar refractivity (Wildman–Crippen MR) is 131 cm³/mol. The molecular weight excluding hydrogens is 557 g/mol. The number of hydrogen-bond donors (Lipinski definition) is 2. The van der Waals surface area contributed by atoms with Gasteiger partial charge in [0.05, 0.1) is 11.1 Å². The molecule has 194 valence electrons. The zero-order valence-electron chi connectivity index (χ0n) is 18.4. The highest BCUT2D eigenvalue weighted by atomic mass is 35.5. The maximum absolute atomic E-state index is 12.7. The highest BCUT2D eigenvalue weighted by Crippen LogP contribution is 2.35. The lowest BCUT2D eigenvalue weighted by Crippen LogP contribution is -2.22. The summed E-state index contributed by atoms with van der Waals surface area (Å²) < 4.78 is 78.9. The first-order chi connectivity index (χ1) is 17.6. The van der Waals surface area contributed by atoms with Gasteiger partial charge in [0.15, 0.2) is 5.82 Å². The molecular formula is C21H16ClF3N6O4S2. The molecule has 0 aliphatic rings. The van der Waals surface area contributed by atoms with Gasteiger partial charge in [-0.3, -0.25) is 4.72 Å². The van der Waals surface area contributed by atoms with Crippen LogP contribution >= 0.6 is 22.9 Å². The normalized spacial score (nSPS) is 11.7. The molecule has 0 saturated heterocycles. The van der Waals surface area contributed by atoms with Crippen molar-refractivity contribution in [3.63, 3.8) is 0 Å². The Morgan fingerprint density at radius 3 is 2.30 bits per heavy atom. The van der Waals surface area contributed by atoms with Gasteiger partial charge in [-0.05, 0) is 35.2 Å². The molecule has 4 aromatic rings. The highest BCUT2D eigenvalue weighted by molar-refractivity contribution is 7.94. The summed E-state index contributed by atoms with van der Waals surface area (Å²) in [7, 11) is -4.07. The molecule has 0 spiro atoms. The number of nitrogens with one attached hydrogen (secondary N) is 2. The Bertz CT molecular complexity index is 1440. The number of ether oxygens (including phenoxy) is 2. The molecule has 3 heterocycles. The van der Waals surface area contributed by atoms with Gasteiger partial charge >= 0.3 is 22.4 Å². The number of hydrogen-bond acceptors (Lipinski definition) is 9. The van der Waals surface area contributed by atoms with E-state index in [9.17, 15) is 21.6 Å². The molecule has 3 aromatic heterocycles. The van der Waals surface area contributed by atoms with Crippen LogP contribution in [0.1, 0.15) is 5.56 Å². The molecule has 1 aromatic carbocycles. The number of halogens is 4. The summed E-state index contributed by atoms with van der Waals surface area (Å²) in [6, 6.07) is 9.47. The van der Waals surface area contributed by atoms with Crippen molar-refractivity contribution in [1.29, 1.82) is 0 Å². The van der Waals surface area contributed by atoms with Gasteiger partial charge in [-0.15, -0.1) is 11.3 Å². The molecule has 0 radical (unpaired) electrons. The van der Waals surface area contributed by atoms with E-state index < -0.39 is 21.9 Å². The zero-order chi connectivity index (χ0) is 26.5. The van der Waals surface area contributed by atoms with Crippen LogP contribution < -0.4 is 18.9 Å². The van der Waals surface area contributed by atoms with Crippen LogP contribution in [0.5, 0.6) is 11.9 Å². The van der Waals surface area contributed by atoms with E-state index in [2.05, 4.69) is 29.4 Å². The summed E-state index contributed by atoms with van der Waals surface area (Å²) in [5.41, 5.74) is -0.282. The minimum atomic E-state index is -4.56. The molecule has 37 heavy (non-hydrogen) atoms. The second-order valence-corrected chi connectivity index (χ2v) is 9.84. The van der Waals surface area contributed by atoms with Crippen LogP contribution in [0.3, 0.4) is 0 Å². The number of alkyl halides is 3. The van der Waals surface area contributed by atoms with Crippen molar-refractivity contribution < 1.29 is 31.1 Å². The molecule has 0 atom stereocenters. The van der Waals surface area contributed by atoms with E-state index in [4.69, 9.17) is 21.1 Å². The Hall–Kier alpha value is -3.69. The number of thiophene rings is 1. The molecule has 0 unspecified atom stereocenters. The number of aromatic nitrogens is 4. The van der Waals surface area contributed by atoms with E-state index in [0.717, 1.165) is 6.33 Å². The number of nitrogens with zero attached hydrogens (tertiary/aromatic N) is 4. The van der Waals surface area contributed by atoms with Gasteiger partial charge in [-0.1, -0.05) is 23.7 Å². The number of anilines is 2. The Labute approximate surface area is 217 Å². The molecule has 4 rings (SSSR count). The van der Waals surface area contributed by atoms with E-state index in [1.165, 1.54) is 11.3 Å². The highest BCUT2D eigenvalue weighted by Gasteiger charge is 2.31. The van der Waals surface area contributed by atoms with Crippen LogP contribution in [0.2, 0.25) is 5.02 Å². The SMILES string of the molecule is O=S(=O)(Nc1cccs1)Nc1ncnc(OCCOc2ncc(C(F)(F)F)cn2)c1-c1ccc(Cl)cc1. The lowest BCUT2D eigenvalue weighted by atomic mass is 10.1. The molecule has 10 nitrogen and oxygen atoms in total. The quantitative estimate of drug-likeness (QED) is 0.257. The van der Waals surface area contributed by atoms with Crippen LogP contribution in [0.25, 0.3) is 11.1 Å². The van der Waals surface area contributed by atoms with Crippen LogP contribution in [0.4, 0.5) is 24.0 Å². The molecule has 0 saturated carbocycles. The van der Waals surface area contributed by atoms with Crippen molar-refractivity contribution in [2.24, 2.45) is 0 Å². The summed E-state index contributed by atoms with van der Waals surface area (Å²) in [4.78, 5) is 15.2. The van der Waals surface area contributed by atoms with E-state index in [-0.39, 0.29) is 36.5 Å². The van der Waals surface area contributed by atoms with Crippen molar-refractivity contribution in [2.75, 3.05) is 22.7 Å². The van der Waals surface area contributed by atoms with Crippen molar-refractivity contribution in [2.45, 2.75) is 6.18 Å². The molecule has 0 amide bonds. The first kappa shape index (κ1) is 26.4. The minimum Gasteiger partial charge on any atom is -0.473 e. The van der Waals surface area contributed by atoms with Gasteiger partial charge < -0.3 is 9.47 Å². The zero-order valence-corrected chi connectivity index (χ0v) is 20.8. The Morgan fingerprint density at radius 2 is 1.65 bits per heavy atom. The summed E-state index contributed by atoms with van der Waals surface area (Å²) in [6.07, 6.45) is -2.24. The first-order valence-electron chi connectivity index (χ1n) is 10.2. The number of rotatable bonds is 10. The average molecular weight is 573 g/mol. The van der Waals surface area contributed by atoms with E-state index in [1.807, 2.05) is 0 Å². The van der Waals surface area contributed by atoms with Gasteiger partial charge in [0.25, 0.3) is 0 Å². The Kier molecular flexibility index (Phi) is 7.94. The average Bonchev–Trinajstić information content (AvgIpc) is 3.34.